The van der Waals surface area contributed by atoms with E-state index in [0.29, 0.717) is 5.92 Å². The fourth-order valence-electron chi connectivity index (χ4n) is 3.27. The van der Waals surface area contributed by atoms with Gasteiger partial charge in [0.1, 0.15) is 0 Å². The average Bonchev–Trinajstić information content (AvgIpc) is 2.49. The van der Waals surface area contributed by atoms with Crippen molar-refractivity contribution in [1.82, 2.24) is 4.90 Å². The Balaban J connectivity index is 1.82. The van der Waals surface area contributed by atoms with Gasteiger partial charge in [0.2, 0.25) is 0 Å². The van der Waals surface area contributed by atoms with Crippen LogP contribution >= 0.6 is 0 Å². The van der Waals surface area contributed by atoms with Crippen molar-refractivity contribution in [2.45, 2.75) is 52.6 Å². The lowest BCUT2D eigenvalue weighted by Crippen LogP contribution is -2.40. The van der Waals surface area contributed by atoms with Crippen LogP contribution in [0.2, 0.25) is 0 Å². The first-order chi connectivity index (χ1) is 7.49. The lowest BCUT2D eigenvalue weighted by molar-refractivity contribution is 0.0283. The molecule has 16 heavy (non-hydrogen) atoms. The Morgan fingerprint density at radius 2 is 1.81 bits per heavy atom. The summed E-state index contributed by atoms with van der Waals surface area (Å²) in [5.41, 5.74) is 0.147. The van der Waals surface area contributed by atoms with Crippen LogP contribution in [0.4, 0.5) is 0 Å². The quantitative estimate of drug-likeness (QED) is 0.780. The summed E-state index contributed by atoms with van der Waals surface area (Å²) in [6.07, 6.45) is 4.98. The van der Waals surface area contributed by atoms with Gasteiger partial charge in [-0.3, -0.25) is 0 Å². The molecule has 2 rings (SSSR count). The van der Waals surface area contributed by atoms with E-state index >= 15 is 0 Å². The highest BCUT2D eigenvalue weighted by molar-refractivity contribution is 4.92. The van der Waals surface area contributed by atoms with Crippen molar-refractivity contribution in [3.63, 3.8) is 0 Å². The molecule has 2 nitrogen and oxygen atoms in total. The van der Waals surface area contributed by atoms with Crippen LogP contribution in [0.25, 0.3) is 0 Å². The summed E-state index contributed by atoms with van der Waals surface area (Å²) < 4.78 is 0. The molecule has 1 aliphatic carbocycles. The largest absolute Gasteiger partial charge is 0.392 e. The monoisotopic (exact) mass is 225 g/mol. The van der Waals surface area contributed by atoms with Gasteiger partial charge in [-0.15, -0.1) is 0 Å². The van der Waals surface area contributed by atoms with Crippen LogP contribution in [0.5, 0.6) is 0 Å². The summed E-state index contributed by atoms with van der Waals surface area (Å²) in [6.45, 7) is 10.4. The predicted molar refractivity (Wildman–Crippen MR) is 67.3 cm³/mol. The van der Waals surface area contributed by atoms with Crippen molar-refractivity contribution < 1.29 is 5.11 Å². The van der Waals surface area contributed by atoms with Gasteiger partial charge in [0.15, 0.2) is 0 Å². The van der Waals surface area contributed by atoms with Crippen LogP contribution in [-0.4, -0.2) is 35.7 Å². The first kappa shape index (κ1) is 12.4. The van der Waals surface area contributed by atoms with Crippen LogP contribution < -0.4 is 0 Å². The lowest BCUT2D eigenvalue weighted by Gasteiger charge is -2.34. The zero-order valence-electron chi connectivity index (χ0n) is 11.1. The summed E-state index contributed by atoms with van der Waals surface area (Å²) in [5, 5.41) is 10.3. The summed E-state index contributed by atoms with van der Waals surface area (Å²) >= 11 is 0. The van der Waals surface area contributed by atoms with Crippen molar-refractivity contribution in [1.29, 1.82) is 0 Å². The maximum Gasteiger partial charge on any atom is 0.0631 e. The first-order valence-electron chi connectivity index (χ1n) is 6.89. The molecule has 2 unspecified atom stereocenters. The molecule has 0 radical (unpaired) electrons. The number of hydrogen-bond donors (Lipinski definition) is 1. The Labute approximate surface area is 100 Å². The number of aliphatic hydroxyl groups is 1. The van der Waals surface area contributed by atoms with Crippen molar-refractivity contribution in [2.75, 3.05) is 19.6 Å². The topological polar surface area (TPSA) is 23.5 Å². The summed E-state index contributed by atoms with van der Waals surface area (Å²) in [4.78, 5) is 2.56. The summed E-state index contributed by atoms with van der Waals surface area (Å²) in [6, 6.07) is 0. The van der Waals surface area contributed by atoms with Gasteiger partial charge in [-0.1, -0.05) is 20.8 Å². The molecule has 0 aromatic rings. The maximum absolute atomic E-state index is 10.3. The molecular weight excluding hydrogens is 198 g/mol. The summed E-state index contributed by atoms with van der Waals surface area (Å²) in [7, 11) is 0. The Morgan fingerprint density at radius 1 is 1.19 bits per heavy atom. The SMILES string of the molecule is CC1CCN(CC2CCC(C)(C)C2O)CC1. The van der Waals surface area contributed by atoms with Gasteiger partial charge >= 0.3 is 0 Å². The molecule has 0 spiro atoms. The number of aliphatic hydroxyl groups excluding tert-OH is 1. The van der Waals surface area contributed by atoms with Crippen LogP contribution in [0.3, 0.4) is 0 Å². The maximum atomic E-state index is 10.3. The Kier molecular flexibility index (Phi) is 3.60. The van der Waals surface area contributed by atoms with Crippen LogP contribution in [0, 0.1) is 17.3 Å². The van der Waals surface area contributed by atoms with Gasteiger partial charge in [0.25, 0.3) is 0 Å². The second-order valence-corrected chi connectivity index (χ2v) is 6.72. The Bertz CT molecular complexity index is 231. The molecule has 0 bridgehead atoms. The number of likely N-dealkylation sites (tertiary alicyclic amines) is 1. The smallest absolute Gasteiger partial charge is 0.0631 e. The van der Waals surface area contributed by atoms with E-state index < -0.39 is 0 Å². The molecule has 2 fully saturated rings. The van der Waals surface area contributed by atoms with Crippen LogP contribution in [-0.2, 0) is 0 Å². The fourth-order valence-corrected chi connectivity index (χ4v) is 3.27. The predicted octanol–water partition coefficient (Wildman–Crippen LogP) is 2.52. The minimum atomic E-state index is -0.0909. The highest BCUT2D eigenvalue weighted by Crippen LogP contribution is 2.41. The Morgan fingerprint density at radius 3 is 2.31 bits per heavy atom. The van der Waals surface area contributed by atoms with E-state index in [1.807, 2.05) is 0 Å². The van der Waals surface area contributed by atoms with E-state index in [0.717, 1.165) is 12.5 Å². The minimum absolute atomic E-state index is 0.0909. The van der Waals surface area contributed by atoms with E-state index in [4.69, 9.17) is 0 Å². The zero-order chi connectivity index (χ0) is 11.8. The van der Waals surface area contributed by atoms with Gasteiger partial charge in [0.05, 0.1) is 6.10 Å². The molecule has 1 heterocycles. The van der Waals surface area contributed by atoms with E-state index in [2.05, 4.69) is 25.7 Å². The van der Waals surface area contributed by atoms with E-state index in [-0.39, 0.29) is 11.5 Å². The highest BCUT2D eigenvalue weighted by Gasteiger charge is 2.41. The molecule has 0 aromatic heterocycles. The van der Waals surface area contributed by atoms with Crippen molar-refractivity contribution in [2.24, 2.45) is 17.3 Å². The number of piperidine rings is 1. The molecule has 1 saturated carbocycles. The van der Waals surface area contributed by atoms with Crippen LogP contribution in [0.15, 0.2) is 0 Å². The second-order valence-electron chi connectivity index (χ2n) is 6.72. The average molecular weight is 225 g/mol. The van der Waals surface area contributed by atoms with E-state index in [9.17, 15) is 5.11 Å². The van der Waals surface area contributed by atoms with E-state index in [1.165, 1.54) is 38.8 Å². The van der Waals surface area contributed by atoms with Crippen molar-refractivity contribution in [3.05, 3.63) is 0 Å². The fraction of sp³-hybridized carbons (Fsp3) is 1.00. The molecule has 2 atom stereocenters. The minimum Gasteiger partial charge on any atom is -0.392 e. The van der Waals surface area contributed by atoms with Gasteiger partial charge in [-0.2, -0.15) is 0 Å². The van der Waals surface area contributed by atoms with Gasteiger partial charge < -0.3 is 10.0 Å². The molecule has 2 aliphatic rings. The zero-order valence-corrected chi connectivity index (χ0v) is 11.1. The molecule has 1 saturated heterocycles. The Hall–Kier alpha value is -0.0800. The number of nitrogens with zero attached hydrogens (tertiary/aromatic N) is 1. The van der Waals surface area contributed by atoms with Crippen molar-refractivity contribution in [3.8, 4) is 0 Å². The third-order valence-electron chi connectivity index (χ3n) is 4.78. The molecule has 1 N–H and O–H groups in total. The van der Waals surface area contributed by atoms with Crippen molar-refractivity contribution >= 4 is 0 Å². The molecule has 0 aromatic carbocycles. The number of rotatable bonds is 2. The third kappa shape index (κ3) is 2.60. The van der Waals surface area contributed by atoms with Gasteiger partial charge in [-0.05, 0) is 56.0 Å². The van der Waals surface area contributed by atoms with E-state index in [1.54, 1.807) is 0 Å². The normalized spacial score (nSPS) is 36.8. The third-order valence-corrected chi connectivity index (χ3v) is 4.78. The molecule has 1 aliphatic heterocycles. The molecular formula is C14H27NO. The molecule has 0 amide bonds. The summed E-state index contributed by atoms with van der Waals surface area (Å²) in [5.74, 6) is 1.42. The second kappa shape index (κ2) is 4.66. The number of hydrogen-bond acceptors (Lipinski definition) is 2. The van der Waals surface area contributed by atoms with Crippen LogP contribution in [0.1, 0.15) is 46.5 Å². The molecule has 94 valence electrons. The first-order valence-corrected chi connectivity index (χ1v) is 6.89. The van der Waals surface area contributed by atoms with Gasteiger partial charge in [-0.25, -0.2) is 0 Å². The standard InChI is InChI=1S/C14H27NO/c1-11-5-8-15(9-6-11)10-12-4-7-14(2,3)13(12)16/h11-13,16H,4-10H2,1-3H3. The van der Waals surface area contributed by atoms with Gasteiger partial charge in [0, 0.05) is 6.54 Å². The lowest BCUT2D eigenvalue weighted by atomic mass is 9.87. The molecule has 2 heteroatoms. The highest BCUT2D eigenvalue weighted by atomic mass is 16.3.